The standard InChI is InChI=1S/C14H18N2O5/c1-9(18)16-11-7-12(15-5-4-14(19)21-3)13(20-2)6-10(11)8-17/h6-8,15H,4-5H2,1-3H3,(H,16,18). The minimum Gasteiger partial charge on any atom is -0.495 e. The summed E-state index contributed by atoms with van der Waals surface area (Å²) in [7, 11) is 2.78. The van der Waals surface area contributed by atoms with Gasteiger partial charge in [-0.1, -0.05) is 0 Å². The van der Waals surface area contributed by atoms with Crippen LogP contribution < -0.4 is 15.4 Å². The maximum Gasteiger partial charge on any atom is 0.307 e. The second-order valence-corrected chi connectivity index (χ2v) is 4.19. The molecule has 0 atom stereocenters. The molecule has 0 aromatic heterocycles. The second-order valence-electron chi connectivity index (χ2n) is 4.19. The van der Waals surface area contributed by atoms with Crippen molar-refractivity contribution in [2.75, 3.05) is 31.4 Å². The summed E-state index contributed by atoms with van der Waals surface area (Å²) in [5, 5.41) is 5.57. The third-order valence-corrected chi connectivity index (χ3v) is 2.68. The van der Waals surface area contributed by atoms with Gasteiger partial charge in [-0.15, -0.1) is 0 Å². The summed E-state index contributed by atoms with van der Waals surface area (Å²) in [6.07, 6.45) is 0.816. The first-order valence-electron chi connectivity index (χ1n) is 6.27. The third-order valence-electron chi connectivity index (χ3n) is 2.68. The Hall–Kier alpha value is -2.57. The summed E-state index contributed by atoms with van der Waals surface area (Å²) >= 11 is 0. The van der Waals surface area contributed by atoms with Crippen molar-refractivity contribution in [2.24, 2.45) is 0 Å². The molecular weight excluding hydrogens is 276 g/mol. The Morgan fingerprint density at radius 3 is 2.48 bits per heavy atom. The number of anilines is 2. The number of aldehydes is 1. The van der Waals surface area contributed by atoms with E-state index in [-0.39, 0.29) is 18.3 Å². The summed E-state index contributed by atoms with van der Waals surface area (Å²) in [6, 6.07) is 3.10. The van der Waals surface area contributed by atoms with Crippen molar-refractivity contribution in [1.29, 1.82) is 0 Å². The van der Waals surface area contributed by atoms with Crippen LogP contribution in [-0.4, -0.2) is 38.9 Å². The van der Waals surface area contributed by atoms with Gasteiger partial charge in [-0.3, -0.25) is 14.4 Å². The van der Waals surface area contributed by atoms with E-state index in [9.17, 15) is 14.4 Å². The lowest BCUT2D eigenvalue weighted by molar-refractivity contribution is -0.140. The number of methoxy groups -OCH3 is 2. The van der Waals surface area contributed by atoms with E-state index in [0.717, 1.165) is 0 Å². The van der Waals surface area contributed by atoms with Gasteiger partial charge in [0.05, 0.1) is 32.0 Å². The van der Waals surface area contributed by atoms with Gasteiger partial charge in [0.2, 0.25) is 5.91 Å². The Kier molecular flexibility index (Phi) is 6.19. The number of carbonyl (C=O) groups is 3. The molecule has 0 fully saturated rings. The molecule has 1 amide bonds. The number of benzene rings is 1. The molecule has 1 aromatic carbocycles. The topological polar surface area (TPSA) is 93.7 Å². The summed E-state index contributed by atoms with van der Waals surface area (Å²) < 4.78 is 9.73. The second kappa shape index (κ2) is 7.88. The van der Waals surface area contributed by atoms with Gasteiger partial charge >= 0.3 is 5.97 Å². The molecule has 0 aliphatic carbocycles. The van der Waals surface area contributed by atoms with Gasteiger partial charge in [-0.25, -0.2) is 0 Å². The molecular formula is C14H18N2O5. The molecule has 1 rings (SSSR count). The molecule has 21 heavy (non-hydrogen) atoms. The highest BCUT2D eigenvalue weighted by Crippen LogP contribution is 2.30. The third kappa shape index (κ3) is 4.79. The molecule has 0 aliphatic heterocycles. The minimum absolute atomic E-state index is 0.185. The average Bonchev–Trinajstić information content (AvgIpc) is 2.46. The van der Waals surface area contributed by atoms with Crippen molar-refractivity contribution in [1.82, 2.24) is 0 Å². The van der Waals surface area contributed by atoms with Crippen LogP contribution in [-0.2, 0) is 14.3 Å². The number of ether oxygens (including phenoxy) is 2. The maximum absolute atomic E-state index is 11.1. The molecule has 7 heteroatoms. The Bertz CT molecular complexity index is 542. The van der Waals surface area contributed by atoms with Gasteiger partial charge in [-0.2, -0.15) is 0 Å². The summed E-state index contributed by atoms with van der Waals surface area (Å²) in [6.45, 7) is 1.69. The van der Waals surface area contributed by atoms with E-state index in [1.54, 1.807) is 6.07 Å². The fraction of sp³-hybridized carbons (Fsp3) is 0.357. The first kappa shape index (κ1) is 16.5. The lowest BCUT2D eigenvalue weighted by Gasteiger charge is -2.14. The van der Waals surface area contributed by atoms with Crippen LogP contribution in [0.1, 0.15) is 23.7 Å². The average molecular weight is 294 g/mol. The first-order chi connectivity index (χ1) is 10.0. The fourth-order valence-corrected chi connectivity index (χ4v) is 1.70. The Morgan fingerprint density at radius 2 is 1.95 bits per heavy atom. The van der Waals surface area contributed by atoms with Crippen molar-refractivity contribution >= 4 is 29.5 Å². The van der Waals surface area contributed by atoms with Crippen LogP contribution in [0.3, 0.4) is 0 Å². The van der Waals surface area contributed by atoms with Gasteiger partial charge in [0.25, 0.3) is 0 Å². The van der Waals surface area contributed by atoms with E-state index in [1.165, 1.54) is 27.2 Å². The Labute approximate surface area is 122 Å². The predicted octanol–water partition coefficient (Wildman–Crippen LogP) is 1.44. The largest absolute Gasteiger partial charge is 0.495 e. The van der Waals surface area contributed by atoms with Crippen molar-refractivity contribution < 1.29 is 23.9 Å². The van der Waals surface area contributed by atoms with Crippen LogP contribution in [0.15, 0.2) is 12.1 Å². The lowest BCUT2D eigenvalue weighted by atomic mass is 10.1. The van der Waals surface area contributed by atoms with Crippen LogP contribution >= 0.6 is 0 Å². The number of hydrogen-bond acceptors (Lipinski definition) is 6. The monoisotopic (exact) mass is 294 g/mol. The minimum atomic E-state index is -0.340. The van der Waals surface area contributed by atoms with Crippen LogP contribution in [0.5, 0.6) is 5.75 Å². The summed E-state index contributed by atoms with van der Waals surface area (Å²) in [5.41, 5.74) is 1.25. The van der Waals surface area contributed by atoms with Crippen molar-refractivity contribution in [2.45, 2.75) is 13.3 Å². The fourth-order valence-electron chi connectivity index (χ4n) is 1.70. The zero-order valence-corrected chi connectivity index (χ0v) is 12.2. The lowest BCUT2D eigenvalue weighted by Crippen LogP contribution is -2.12. The first-order valence-corrected chi connectivity index (χ1v) is 6.27. The summed E-state index contributed by atoms with van der Waals surface area (Å²) in [4.78, 5) is 33.3. The van der Waals surface area contributed by atoms with Crippen LogP contribution in [0.25, 0.3) is 0 Å². The molecule has 1 aromatic rings. The molecule has 0 radical (unpaired) electrons. The molecule has 0 heterocycles. The maximum atomic E-state index is 11.1. The zero-order valence-electron chi connectivity index (χ0n) is 12.2. The molecule has 2 N–H and O–H groups in total. The highest BCUT2D eigenvalue weighted by Gasteiger charge is 2.11. The quantitative estimate of drug-likeness (QED) is 0.584. The Balaban J connectivity index is 2.97. The summed E-state index contributed by atoms with van der Waals surface area (Å²) in [5.74, 6) is -0.187. The van der Waals surface area contributed by atoms with Crippen molar-refractivity contribution in [3.8, 4) is 5.75 Å². The molecule has 0 unspecified atom stereocenters. The van der Waals surface area contributed by atoms with Gasteiger partial charge in [-0.05, 0) is 12.1 Å². The van der Waals surface area contributed by atoms with E-state index in [0.29, 0.717) is 35.5 Å². The molecule has 0 saturated carbocycles. The van der Waals surface area contributed by atoms with E-state index in [4.69, 9.17) is 4.74 Å². The van der Waals surface area contributed by atoms with E-state index < -0.39 is 0 Å². The zero-order chi connectivity index (χ0) is 15.8. The van der Waals surface area contributed by atoms with Gasteiger partial charge in [0.1, 0.15) is 5.75 Å². The van der Waals surface area contributed by atoms with Gasteiger partial charge in [0.15, 0.2) is 6.29 Å². The van der Waals surface area contributed by atoms with Crippen LogP contribution in [0.4, 0.5) is 11.4 Å². The molecule has 0 bridgehead atoms. The molecule has 0 spiro atoms. The predicted molar refractivity (Wildman–Crippen MR) is 77.8 cm³/mol. The molecule has 114 valence electrons. The molecule has 7 nitrogen and oxygen atoms in total. The SMILES string of the molecule is COC(=O)CCNc1cc(NC(C)=O)c(C=O)cc1OC. The van der Waals surface area contributed by atoms with Crippen LogP contribution in [0.2, 0.25) is 0 Å². The molecule has 0 saturated heterocycles. The number of hydrogen-bond donors (Lipinski definition) is 2. The number of carbonyl (C=O) groups excluding carboxylic acids is 3. The van der Waals surface area contributed by atoms with Gasteiger partial charge < -0.3 is 20.1 Å². The normalized spacial score (nSPS) is 9.67. The van der Waals surface area contributed by atoms with Crippen molar-refractivity contribution in [3.63, 3.8) is 0 Å². The van der Waals surface area contributed by atoms with E-state index in [1.807, 2.05) is 0 Å². The number of amides is 1. The highest BCUT2D eigenvalue weighted by atomic mass is 16.5. The van der Waals surface area contributed by atoms with Gasteiger partial charge in [0, 0.05) is 19.0 Å². The number of rotatable bonds is 7. The van der Waals surface area contributed by atoms with Crippen LogP contribution in [0, 0.1) is 0 Å². The number of nitrogens with one attached hydrogen (secondary N) is 2. The smallest absolute Gasteiger partial charge is 0.307 e. The molecule has 0 aliphatic rings. The highest BCUT2D eigenvalue weighted by molar-refractivity contribution is 5.97. The van der Waals surface area contributed by atoms with E-state index >= 15 is 0 Å². The number of esters is 1. The van der Waals surface area contributed by atoms with E-state index in [2.05, 4.69) is 15.4 Å². The Morgan fingerprint density at radius 1 is 1.24 bits per heavy atom. The van der Waals surface area contributed by atoms with Crippen molar-refractivity contribution in [3.05, 3.63) is 17.7 Å².